The van der Waals surface area contributed by atoms with Crippen LogP contribution in [0.5, 0.6) is 0 Å². The van der Waals surface area contributed by atoms with E-state index in [9.17, 15) is 23.6 Å². The smallest absolute Gasteiger partial charge is 0.273 e. The third-order valence-electron chi connectivity index (χ3n) is 5.06. The first-order valence-electron chi connectivity index (χ1n) is 8.86. The zero-order valence-electron chi connectivity index (χ0n) is 15.6. The standard InChI is InChI=1S/C18H24N2O5S2/c1-12-8-16-13(9-15(12)20(22)23)10-17(19(16)27(3,24)25)18(2,21)11-26-14-6-4-5-7-14/h8-10,14,21H,4-7,11H2,1-3H3. The number of thioether (sulfide) groups is 1. The van der Waals surface area contributed by atoms with Crippen LogP contribution in [-0.2, 0) is 15.6 Å². The summed E-state index contributed by atoms with van der Waals surface area (Å²) in [4.78, 5) is 10.7. The molecule has 1 fully saturated rings. The first kappa shape index (κ1) is 20.2. The predicted octanol–water partition coefficient (Wildman–Crippen LogP) is 3.55. The number of rotatable bonds is 6. The van der Waals surface area contributed by atoms with Gasteiger partial charge < -0.3 is 5.11 Å². The zero-order chi connectivity index (χ0) is 20.0. The summed E-state index contributed by atoms with van der Waals surface area (Å²) in [6, 6.07) is 4.42. The van der Waals surface area contributed by atoms with Gasteiger partial charge in [-0.05, 0) is 38.8 Å². The lowest BCUT2D eigenvalue weighted by molar-refractivity contribution is -0.385. The van der Waals surface area contributed by atoms with Crippen molar-refractivity contribution in [3.63, 3.8) is 0 Å². The average Bonchev–Trinajstić information content (AvgIpc) is 3.18. The molecule has 27 heavy (non-hydrogen) atoms. The predicted molar refractivity (Wildman–Crippen MR) is 108 cm³/mol. The van der Waals surface area contributed by atoms with Crippen molar-refractivity contribution in [3.8, 4) is 0 Å². The highest BCUT2D eigenvalue weighted by Gasteiger charge is 2.33. The maximum Gasteiger partial charge on any atom is 0.273 e. The van der Waals surface area contributed by atoms with E-state index in [-0.39, 0.29) is 11.4 Å². The van der Waals surface area contributed by atoms with E-state index >= 15 is 0 Å². The molecule has 7 nitrogen and oxygen atoms in total. The molecule has 1 atom stereocenters. The molecule has 1 aliphatic rings. The largest absolute Gasteiger partial charge is 0.383 e. The third-order valence-corrected chi connectivity index (χ3v) is 7.79. The Bertz CT molecular complexity index is 989. The second-order valence-electron chi connectivity index (χ2n) is 7.50. The fourth-order valence-electron chi connectivity index (χ4n) is 3.66. The number of aryl methyl sites for hydroxylation is 1. The highest BCUT2D eigenvalue weighted by atomic mass is 32.2. The van der Waals surface area contributed by atoms with Gasteiger partial charge in [0.1, 0.15) is 5.60 Å². The summed E-state index contributed by atoms with van der Waals surface area (Å²) in [6.07, 6.45) is 5.67. The molecule has 2 aromatic rings. The van der Waals surface area contributed by atoms with Gasteiger partial charge in [-0.2, -0.15) is 11.8 Å². The van der Waals surface area contributed by atoms with Crippen molar-refractivity contribution in [3.05, 3.63) is 39.6 Å². The van der Waals surface area contributed by atoms with E-state index < -0.39 is 20.5 Å². The number of hydrogen-bond donors (Lipinski definition) is 1. The number of hydrogen-bond acceptors (Lipinski definition) is 6. The van der Waals surface area contributed by atoms with Crippen LogP contribution in [-0.4, -0.2) is 39.7 Å². The summed E-state index contributed by atoms with van der Waals surface area (Å²) in [6.45, 7) is 3.18. The van der Waals surface area contributed by atoms with E-state index in [0.717, 1.165) is 23.1 Å². The first-order valence-corrected chi connectivity index (χ1v) is 11.8. The van der Waals surface area contributed by atoms with Crippen LogP contribution in [0.15, 0.2) is 18.2 Å². The molecule has 1 heterocycles. The van der Waals surface area contributed by atoms with Gasteiger partial charge in [0, 0.05) is 28.0 Å². The number of fused-ring (bicyclic) bond motifs is 1. The minimum Gasteiger partial charge on any atom is -0.383 e. The summed E-state index contributed by atoms with van der Waals surface area (Å²) in [7, 11) is -3.71. The van der Waals surface area contributed by atoms with Crippen LogP contribution in [0.3, 0.4) is 0 Å². The van der Waals surface area contributed by atoms with Crippen molar-refractivity contribution in [2.75, 3.05) is 12.0 Å². The zero-order valence-corrected chi connectivity index (χ0v) is 17.3. The number of aliphatic hydroxyl groups is 1. The molecule has 1 aromatic carbocycles. The molecular weight excluding hydrogens is 388 g/mol. The lowest BCUT2D eigenvalue weighted by Crippen LogP contribution is -2.30. The lowest BCUT2D eigenvalue weighted by Gasteiger charge is -2.26. The molecule has 0 saturated heterocycles. The Morgan fingerprint density at radius 3 is 2.52 bits per heavy atom. The average molecular weight is 413 g/mol. The minimum absolute atomic E-state index is 0.0697. The topological polar surface area (TPSA) is 102 Å². The van der Waals surface area contributed by atoms with Crippen LogP contribution in [0.25, 0.3) is 10.9 Å². The van der Waals surface area contributed by atoms with E-state index in [4.69, 9.17) is 0 Å². The van der Waals surface area contributed by atoms with Crippen molar-refractivity contribution in [2.24, 2.45) is 0 Å². The number of nitro benzene ring substituents is 1. The van der Waals surface area contributed by atoms with Gasteiger partial charge in [-0.1, -0.05) is 12.8 Å². The SMILES string of the molecule is Cc1cc2c(cc1[N+](=O)[O-])cc(C(C)(O)CSC1CCCC1)n2S(C)(=O)=O. The molecule has 3 rings (SSSR count). The monoisotopic (exact) mass is 412 g/mol. The van der Waals surface area contributed by atoms with Crippen molar-refractivity contribution in [1.82, 2.24) is 3.97 Å². The second kappa shape index (κ2) is 7.10. The van der Waals surface area contributed by atoms with Crippen molar-refractivity contribution < 1.29 is 18.4 Å². The maximum atomic E-state index is 12.5. The number of nitrogens with zero attached hydrogens (tertiary/aromatic N) is 2. The molecule has 1 unspecified atom stereocenters. The Kier molecular flexibility index (Phi) is 5.31. The van der Waals surface area contributed by atoms with Gasteiger partial charge in [0.05, 0.1) is 22.4 Å². The molecule has 0 spiro atoms. The number of benzene rings is 1. The fourth-order valence-corrected chi connectivity index (χ4v) is 6.16. The Morgan fingerprint density at radius 2 is 1.96 bits per heavy atom. The van der Waals surface area contributed by atoms with E-state index in [0.29, 0.717) is 27.5 Å². The van der Waals surface area contributed by atoms with Gasteiger partial charge in [0.15, 0.2) is 0 Å². The highest BCUT2D eigenvalue weighted by Crippen LogP contribution is 2.38. The summed E-state index contributed by atoms with van der Waals surface area (Å²) in [5, 5.41) is 23.2. The van der Waals surface area contributed by atoms with Crippen LogP contribution >= 0.6 is 11.8 Å². The summed E-state index contributed by atoms with van der Waals surface area (Å²) < 4.78 is 26.1. The van der Waals surface area contributed by atoms with E-state index in [1.807, 2.05) is 0 Å². The summed E-state index contributed by atoms with van der Waals surface area (Å²) in [5.41, 5.74) is -0.480. The first-order chi connectivity index (χ1) is 12.5. The van der Waals surface area contributed by atoms with Crippen LogP contribution in [0, 0.1) is 17.0 Å². The van der Waals surface area contributed by atoms with E-state index in [1.54, 1.807) is 31.7 Å². The second-order valence-corrected chi connectivity index (χ2v) is 10.6. The maximum absolute atomic E-state index is 12.5. The molecule has 0 aliphatic heterocycles. The third kappa shape index (κ3) is 4.00. The molecule has 0 radical (unpaired) electrons. The number of aromatic nitrogens is 1. The van der Waals surface area contributed by atoms with Gasteiger partial charge in [0.25, 0.3) is 5.69 Å². The number of nitro groups is 1. The minimum atomic E-state index is -3.71. The van der Waals surface area contributed by atoms with Crippen LogP contribution in [0.4, 0.5) is 5.69 Å². The van der Waals surface area contributed by atoms with Crippen molar-refractivity contribution in [2.45, 2.75) is 50.4 Å². The molecule has 1 aromatic heterocycles. The van der Waals surface area contributed by atoms with Gasteiger partial charge >= 0.3 is 0 Å². The van der Waals surface area contributed by atoms with Gasteiger partial charge in [-0.25, -0.2) is 12.4 Å². The Hall–Kier alpha value is -1.58. The summed E-state index contributed by atoms with van der Waals surface area (Å²) in [5.74, 6) is 0.366. The molecule has 1 N–H and O–H groups in total. The molecule has 1 saturated carbocycles. The lowest BCUT2D eigenvalue weighted by atomic mass is 10.1. The Labute approximate surface area is 163 Å². The van der Waals surface area contributed by atoms with Crippen LogP contribution in [0.1, 0.15) is 43.9 Å². The van der Waals surface area contributed by atoms with E-state index in [1.165, 1.54) is 25.0 Å². The normalized spacial score (nSPS) is 18.1. The van der Waals surface area contributed by atoms with Crippen LogP contribution < -0.4 is 0 Å². The highest BCUT2D eigenvalue weighted by molar-refractivity contribution is 7.99. The van der Waals surface area contributed by atoms with E-state index in [2.05, 4.69) is 0 Å². The summed E-state index contributed by atoms with van der Waals surface area (Å²) >= 11 is 1.66. The molecule has 148 valence electrons. The molecule has 9 heteroatoms. The van der Waals surface area contributed by atoms with Crippen LogP contribution in [0.2, 0.25) is 0 Å². The molecule has 0 bridgehead atoms. The van der Waals surface area contributed by atoms with Gasteiger partial charge in [-0.3, -0.25) is 10.1 Å². The Morgan fingerprint density at radius 1 is 1.33 bits per heavy atom. The van der Waals surface area contributed by atoms with Crippen molar-refractivity contribution >= 4 is 38.4 Å². The van der Waals surface area contributed by atoms with Crippen molar-refractivity contribution in [1.29, 1.82) is 0 Å². The quantitative estimate of drug-likeness (QED) is 0.575. The molecule has 0 amide bonds. The Balaban J connectivity index is 2.11. The van der Waals surface area contributed by atoms with Gasteiger partial charge in [-0.15, -0.1) is 0 Å². The molecule has 1 aliphatic carbocycles. The van der Waals surface area contributed by atoms with Gasteiger partial charge in [0.2, 0.25) is 10.0 Å². The molecular formula is C18H24N2O5S2. The fraction of sp³-hybridized carbons (Fsp3) is 0.556.